The van der Waals surface area contributed by atoms with Crippen molar-refractivity contribution in [3.8, 4) is 0 Å². The molecule has 0 aliphatic heterocycles. The SMILES string of the molecule is CCc1nnc(NC2CCC2)s1. The minimum Gasteiger partial charge on any atom is -0.357 e. The van der Waals surface area contributed by atoms with Crippen LogP contribution < -0.4 is 5.32 Å². The molecule has 1 aliphatic rings. The van der Waals surface area contributed by atoms with Crippen molar-refractivity contribution in [2.75, 3.05) is 5.32 Å². The number of anilines is 1. The quantitative estimate of drug-likeness (QED) is 0.779. The third kappa shape index (κ3) is 1.58. The summed E-state index contributed by atoms with van der Waals surface area (Å²) in [5, 5.41) is 13.6. The molecular weight excluding hydrogens is 170 g/mol. The van der Waals surface area contributed by atoms with Crippen molar-refractivity contribution >= 4 is 16.5 Å². The number of aryl methyl sites for hydroxylation is 1. The molecule has 0 aromatic carbocycles. The Kier molecular flexibility index (Phi) is 2.26. The third-order valence-electron chi connectivity index (χ3n) is 2.20. The number of nitrogens with zero attached hydrogens (tertiary/aromatic N) is 2. The largest absolute Gasteiger partial charge is 0.357 e. The average molecular weight is 183 g/mol. The lowest BCUT2D eigenvalue weighted by Gasteiger charge is -2.25. The Bertz CT molecular complexity index is 255. The number of rotatable bonds is 3. The molecule has 0 bridgehead atoms. The van der Waals surface area contributed by atoms with Crippen LogP contribution in [0.25, 0.3) is 0 Å². The van der Waals surface area contributed by atoms with E-state index in [4.69, 9.17) is 0 Å². The average Bonchev–Trinajstić information content (AvgIpc) is 2.44. The minimum atomic E-state index is 0.669. The normalized spacial score (nSPS) is 17.4. The summed E-state index contributed by atoms with van der Waals surface area (Å²) < 4.78 is 0. The molecule has 0 amide bonds. The Balaban J connectivity index is 1.93. The second kappa shape index (κ2) is 3.39. The van der Waals surface area contributed by atoms with Gasteiger partial charge in [-0.05, 0) is 25.7 Å². The van der Waals surface area contributed by atoms with E-state index in [0.717, 1.165) is 16.6 Å². The molecule has 1 aromatic rings. The van der Waals surface area contributed by atoms with E-state index in [1.54, 1.807) is 11.3 Å². The molecule has 0 radical (unpaired) electrons. The molecule has 1 N–H and O–H groups in total. The molecule has 1 fully saturated rings. The van der Waals surface area contributed by atoms with Crippen LogP contribution >= 0.6 is 11.3 Å². The fourth-order valence-corrected chi connectivity index (χ4v) is 1.94. The molecule has 3 nitrogen and oxygen atoms in total. The molecule has 0 saturated heterocycles. The lowest BCUT2D eigenvalue weighted by Crippen LogP contribution is -2.26. The van der Waals surface area contributed by atoms with Crippen molar-refractivity contribution in [3.05, 3.63) is 5.01 Å². The number of aromatic nitrogens is 2. The maximum absolute atomic E-state index is 4.07. The monoisotopic (exact) mass is 183 g/mol. The molecule has 1 aromatic heterocycles. The molecule has 4 heteroatoms. The van der Waals surface area contributed by atoms with Crippen molar-refractivity contribution in [3.63, 3.8) is 0 Å². The van der Waals surface area contributed by atoms with Crippen molar-refractivity contribution in [2.24, 2.45) is 0 Å². The highest BCUT2D eigenvalue weighted by atomic mass is 32.1. The topological polar surface area (TPSA) is 37.8 Å². The Hall–Kier alpha value is -0.640. The van der Waals surface area contributed by atoms with E-state index in [-0.39, 0.29) is 0 Å². The van der Waals surface area contributed by atoms with Gasteiger partial charge >= 0.3 is 0 Å². The van der Waals surface area contributed by atoms with Gasteiger partial charge < -0.3 is 5.32 Å². The Morgan fingerprint density at radius 3 is 2.83 bits per heavy atom. The summed E-state index contributed by atoms with van der Waals surface area (Å²) in [5.41, 5.74) is 0. The van der Waals surface area contributed by atoms with Gasteiger partial charge in [0, 0.05) is 6.04 Å². The first-order valence-electron chi connectivity index (χ1n) is 4.47. The second-order valence-electron chi connectivity index (χ2n) is 3.13. The van der Waals surface area contributed by atoms with Crippen LogP contribution in [0.1, 0.15) is 31.2 Å². The van der Waals surface area contributed by atoms with E-state index < -0.39 is 0 Å². The zero-order valence-electron chi connectivity index (χ0n) is 7.21. The van der Waals surface area contributed by atoms with Crippen LogP contribution in [0, 0.1) is 0 Å². The highest BCUT2D eigenvalue weighted by Crippen LogP contribution is 2.24. The Labute approximate surface area is 76.2 Å². The van der Waals surface area contributed by atoms with E-state index in [0.29, 0.717) is 6.04 Å². The van der Waals surface area contributed by atoms with Crippen molar-refractivity contribution < 1.29 is 0 Å². The van der Waals surface area contributed by atoms with E-state index in [1.165, 1.54) is 19.3 Å². The molecule has 0 atom stereocenters. The predicted octanol–water partition coefficient (Wildman–Crippen LogP) is 2.06. The molecule has 2 rings (SSSR count). The minimum absolute atomic E-state index is 0.669. The predicted molar refractivity (Wildman–Crippen MR) is 50.5 cm³/mol. The van der Waals surface area contributed by atoms with E-state index >= 15 is 0 Å². The second-order valence-corrected chi connectivity index (χ2v) is 4.19. The number of nitrogens with one attached hydrogen (secondary N) is 1. The first-order valence-corrected chi connectivity index (χ1v) is 5.29. The molecule has 1 heterocycles. The third-order valence-corrected chi connectivity index (χ3v) is 3.20. The van der Waals surface area contributed by atoms with Crippen LogP contribution in [-0.2, 0) is 6.42 Å². The van der Waals surface area contributed by atoms with Crippen LogP contribution in [0.3, 0.4) is 0 Å². The van der Waals surface area contributed by atoms with E-state index in [1.807, 2.05) is 0 Å². The van der Waals surface area contributed by atoms with E-state index in [9.17, 15) is 0 Å². The summed E-state index contributed by atoms with van der Waals surface area (Å²) in [6, 6.07) is 0.669. The van der Waals surface area contributed by atoms with Gasteiger partial charge in [-0.1, -0.05) is 18.3 Å². The lowest BCUT2D eigenvalue weighted by molar-refractivity contribution is 0.445. The fraction of sp³-hybridized carbons (Fsp3) is 0.750. The molecule has 1 aliphatic carbocycles. The van der Waals surface area contributed by atoms with Crippen LogP contribution in [-0.4, -0.2) is 16.2 Å². The lowest BCUT2D eigenvalue weighted by atomic mass is 9.93. The van der Waals surface area contributed by atoms with Crippen molar-refractivity contribution in [1.29, 1.82) is 0 Å². The smallest absolute Gasteiger partial charge is 0.205 e. The van der Waals surface area contributed by atoms with Gasteiger partial charge in [0.15, 0.2) is 0 Å². The van der Waals surface area contributed by atoms with Gasteiger partial charge in [0.2, 0.25) is 5.13 Å². The van der Waals surface area contributed by atoms with Gasteiger partial charge in [0.1, 0.15) is 5.01 Å². The summed E-state index contributed by atoms with van der Waals surface area (Å²) in [6.45, 7) is 2.10. The summed E-state index contributed by atoms with van der Waals surface area (Å²) in [5.74, 6) is 0. The van der Waals surface area contributed by atoms with Gasteiger partial charge in [0.05, 0.1) is 0 Å². The molecule has 0 unspecified atom stereocenters. The van der Waals surface area contributed by atoms with Crippen LogP contribution in [0.2, 0.25) is 0 Å². The zero-order valence-corrected chi connectivity index (χ0v) is 8.02. The van der Waals surface area contributed by atoms with Crippen LogP contribution in [0.4, 0.5) is 5.13 Å². The highest BCUT2D eigenvalue weighted by molar-refractivity contribution is 7.15. The van der Waals surface area contributed by atoms with Crippen LogP contribution in [0.15, 0.2) is 0 Å². The molecule has 12 heavy (non-hydrogen) atoms. The summed E-state index contributed by atoms with van der Waals surface area (Å²) in [7, 11) is 0. The summed E-state index contributed by atoms with van der Waals surface area (Å²) in [6.07, 6.45) is 4.93. The van der Waals surface area contributed by atoms with Crippen LogP contribution in [0.5, 0.6) is 0 Å². The Morgan fingerprint density at radius 1 is 1.50 bits per heavy atom. The van der Waals surface area contributed by atoms with Gasteiger partial charge in [-0.3, -0.25) is 0 Å². The fourth-order valence-electron chi connectivity index (χ4n) is 1.18. The van der Waals surface area contributed by atoms with Crippen molar-refractivity contribution in [1.82, 2.24) is 10.2 Å². The van der Waals surface area contributed by atoms with Crippen molar-refractivity contribution in [2.45, 2.75) is 38.6 Å². The summed E-state index contributed by atoms with van der Waals surface area (Å²) >= 11 is 1.68. The van der Waals surface area contributed by atoms with E-state index in [2.05, 4.69) is 22.4 Å². The molecular formula is C8H13N3S. The maximum atomic E-state index is 4.07. The van der Waals surface area contributed by atoms with Gasteiger partial charge in [0.25, 0.3) is 0 Å². The number of hydrogen-bond donors (Lipinski definition) is 1. The number of hydrogen-bond acceptors (Lipinski definition) is 4. The zero-order chi connectivity index (χ0) is 8.39. The molecule has 66 valence electrons. The standard InChI is InChI=1S/C8H13N3S/c1-2-7-10-11-8(12-7)9-6-4-3-5-6/h6H,2-5H2,1H3,(H,9,11). The molecule has 0 spiro atoms. The maximum Gasteiger partial charge on any atom is 0.205 e. The van der Waals surface area contributed by atoms with Gasteiger partial charge in [-0.25, -0.2) is 0 Å². The molecule has 1 saturated carbocycles. The van der Waals surface area contributed by atoms with Gasteiger partial charge in [-0.15, -0.1) is 10.2 Å². The Morgan fingerprint density at radius 2 is 2.33 bits per heavy atom. The highest BCUT2D eigenvalue weighted by Gasteiger charge is 2.18. The first-order chi connectivity index (χ1) is 5.88. The van der Waals surface area contributed by atoms with Gasteiger partial charge in [-0.2, -0.15) is 0 Å². The summed E-state index contributed by atoms with van der Waals surface area (Å²) in [4.78, 5) is 0. The first kappa shape index (κ1) is 7.98.